The van der Waals surface area contributed by atoms with E-state index in [0.29, 0.717) is 4.91 Å². The van der Waals surface area contributed by atoms with Crippen molar-refractivity contribution in [3.05, 3.63) is 22.4 Å². The second kappa shape index (κ2) is 4.85. The van der Waals surface area contributed by atoms with Gasteiger partial charge in [0.1, 0.15) is 0 Å². The Bertz CT molecular complexity index is 581. The van der Waals surface area contributed by atoms with Crippen LogP contribution in [0.5, 0.6) is 0 Å². The SMILES string of the molecule is Cc1nn(C)cc1C=C1SC(N2CCCC2)=NC1=O. The highest BCUT2D eigenvalue weighted by molar-refractivity contribution is 8.18. The van der Waals surface area contributed by atoms with Gasteiger partial charge in [-0.1, -0.05) is 0 Å². The number of aromatic nitrogens is 2. The number of hydrogen-bond donors (Lipinski definition) is 0. The van der Waals surface area contributed by atoms with Gasteiger partial charge in [-0.05, 0) is 37.6 Å². The molecule has 100 valence electrons. The minimum absolute atomic E-state index is 0.129. The summed E-state index contributed by atoms with van der Waals surface area (Å²) in [6.45, 7) is 3.97. The number of thioether (sulfide) groups is 1. The van der Waals surface area contributed by atoms with Gasteiger partial charge < -0.3 is 4.90 Å². The number of carbonyl (C=O) groups excluding carboxylic acids is 1. The van der Waals surface area contributed by atoms with Gasteiger partial charge in [0.05, 0.1) is 10.6 Å². The first-order valence-electron chi connectivity index (χ1n) is 6.41. The summed E-state index contributed by atoms with van der Waals surface area (Å²) in [5, 5.41) is 5.14. The monoisotopic (exact) mass is 276 g/mol. The Hall–Kier alpha value is -1.56. The molecule has 0 aromatic carbocycles. The molecule has 0 unspecified atom stereocenters. The van der Waals surface area contributed by atoms with Crippen molar-refractivity contribution in [3.63, 3.8) is 0 Å². The number of hydrogen-bond acceptors (Lipinski definition) is 4. The maximum absolute atomic E-state index is 11.9. The Kier molecular flexibility index (Phi) is 3.18. The van der Waals surface area contributed by atoms with Crippen molar-refractivity contribution in [1.82, 2.24) is 14.7 Å². The van der Waals surface area contributed by atoms with E-state index >= 15 is 0 Å². The zero-order valence-corrected chi connectivity index (χ0v) is 11.9. The largest absolute Gasteiger partial charge is 0.351 e. The molecule has 19 heavy (non-hydrogen) atoms. The second-order valence-corrected chi connectivity index (χ2v) is 5.86. The van der Waals surface area contributed by atoms with E-state index in [1.807, 2.05) is 26.2 Å². The minimum Gasteiger partial charge on any atom is -0.351 e. The minimum atomic E-state index is -0.129. The highest BCUT2D eigenvalue weighted by atomic mass is 32.2. The van der Waals surface area contributed by atoms with E-state index in [1.165, 1.54) is 24.6 Å². The Morgan fingerprint density at radius 1 is 1.37 bits per heavy atom. The molecule has 0 bridgehead atoms. The fourth-order valence-electron chi connectivity index (χ4n) is 2.34. The summed E-state index contributed by atoms with van der Waals surface area (Å²) in [4.78, 5) is 19.0. The van der Waals surface area contributed by atoms with E-state index in [-0.39, 0.29) is 5.91 Å². The van der Waals surface area contributed by atoms with Crippen molar-refractivity contribution < 1.29 is 4.79 Å². The molecule has 6 heteroatoms. The maximum Gasteiger partial charge on any atom is 0.286 e. The summed E-state index contributed by atoms with van der Waals surface area (Å²) in [6, 6.07) is 0. The highest BCUT2D eigenvalue weighted by Gasteiger charge is 2.27. The molecule has 0 atom stereocenters. The van der Waals surface area contributed by atoms with Gasteiger partial charge >= 0.3 is 0 Å². The van der Waals surface area contributed by atoms with Gasteiger partial charge in [0, 0.05) is 31.9 Å². The molecule has 1 saturated heterocycles. The molecule has 0 radical (unpaired) electrons. The van der Waals surface area contributed by atoms with E-state index in [4.69, 9.17) is 0 Å². The first-order valence-corrected chi connectivity index (χ1v) is 7.23. The van der Waals surface area contributed by atoms with Crippen LogP contribution in [0, 0.1) is 6.92 Å². The van der Waals surface area contributed by atoms with Crippen molar-refractivity contribution in [2.75, 3.05) is 13.1 Å². The van der Waals surface area contributed by atoms with Crippen LogP contribution in [0.2, 0.25) is 0 Å². The van der Waals surface area contributed by atoms with Crippen LogP contribution >= 0.6 is 11.8 Å². The average molecular weight is 276 g/mol. The summed E-state index contributed by atoms with van der Waals surface area (Å²) in [5.41, 5.74) is 1.91. The molecule has 2 aliphatic heterocycles. The lowest BCUT2D eigenvalue weighted by atomic mass is 10.2. The number of nitrogens with zero attached hydrogens (tertiary/aromatic N) is 4. The third kappa shape index (κ3) is 2.45. The smallest absolute Gasteiger partial charge is 0.286 e. The maximum atomic E-state index is 11.9. The summed E-state index contributed by atoms with van der Waals surface area (Å²) < 4.78 is 1.76. The third-order valence-corrected chi connectivity index (χ3v) is 4.37. The predicted molar refractivity (Wildman–Crippen MR) is 76.8 cm³/mol. The number of amides is 1. The summed E-state index contributed by atoms with van der Waals surface area (Å²) in [7, 11) is 1.88. The van der Waals surface area contributed by atoms with Gasteiger partial charge in [-0.15, -0.1) is 0 Å². The Labute approximate surface area is 116 Å². The lowest BCUT2D eigenvalue weighted by molar-refractivity contribution is -0.113. The Balaban J connectivity index is 1.81. The van der Waals surface area contributed by atoms with E-state index < -0.39 is 0 Å². The van der Waals surface area contributed by atoms with Crippen LogP contribution in [0.1, 0.15) is 24.1 Å². The lowest BCUT2D eigenvalue weighted by Gasteiger charge is -2.14. The molecular formula is C13H16N4OS. The van der Waals surface area contributed by atoms with Crippen LogP contribution in [0.15, 0.2) is 16.1 Å². The molecule has 1 aromatic heterocycles. The molecular weight excluding hydrogens is 260 g/mol. The molecule has 0 spiro atoms. The molecule has 0 saturated carbocycles. The van der Waals surface area contributed by atoms with Crippen molar-refractivity contribution in [2.24, 2.45) is 12.0 Å². The topological polar surface area (TPSA) is 50.5 Å². The van der Waals surface area contributed by atoms with Crippen LogP contribution in [0.3, 0.4) is 0 Å². The molecule has 5 nitrogen and oxygen atoms in total. The van der Waals surface area contributed by atoms with Gasteiger partial charge in [0.2, 0.25) is 0 Å². The number of amidine groups is 1. The van der Waals surface area contributed by atoms with Crippen LogP contribution in [-0.4, -0.2) is 38.8 Å². The van der Waals surface area contributed by atoms with E-state index in [9.17, 15) is 4.79 Å². The van der Waals surface area contributed by atoms with Crippen LogP contribution < -0.4 is 0 Å². The van der Waals surface area contributed by atoms with Crippen LogP contribution in [0.25, 0.3) is 6.08 Å². The standard InChI is InChI=1S/C13H16N4OS/c1-9-10(8-16(2)15-9)7-11-12(18)14-13(19-11)17-5-3-4-6-17/h7-8H,3-6H2,1-2H3. The van der Waals surface area contributed by atoms with Crippen molar-refractivity contribution >= 4 is 28.9 Å². The fourth-order valence-corrected chi connectivity index (χ4v) is 3.30. The van der Waals surface area contributed by atoms with Crippen molar-refractivity contribution in [2.45, 2.75) is 19.8 Å². The molecule has 3 rings (SSSR count). The summed E-state index contributed by atoms with van der Waals surface area (Å²) in [6.07, 6.45) is 6.19. The number of aliphatic imine (C=N–C) groups is 1. The first kappa shape index (κ1) is 12.5. The van der Waals surface area contributed by atoms with Gasteiger partial charge in [0.15, 0.2) is 5.17 Å². The molecule has 0 aliphatic carbocycles. The van der Waals surface area contributed by atoms with E-state index in [0.717, 1.165) is 29.5 Å². The number of carbonyl (C=O) groups is 1. The van der Waals surface area contributed by atoms with Crippen molar-refractivity contribution in [1.29, 1.82) is 0 Å². The number of rotatable bonds is 1. The number of aryl methyl sites for hydroxylation is 2. The molecule has 2 aliphatic rings. The van der Waals surface area contributed by atoms with Gasteiger partial charge in [-0.25, -0.2) is 0 Å². The quantitative estimate of drug-likeness (QED) is 0.734. The first-order chi connectivity index (χ1) is 9.13. The van der Waals surface area contributed by atoms with E-state index in [1.54, 1.807) is 4.68 Å². The van der Waals surface area contributed by atoms with Gasteiger partial charge in [-0.2, -0.15) is 10.1 Å². The zero-order valence-electron chi connectivity index (χ0n) is 11.1. The molecule has 1 amide bonds. The highest BCUT2D eigenvalue weighted by Crippen LogP contribution is 2.31. The molecule has 3 heterocycles. The molecule has 1 fully saturated rings. The normalized spacial score (nSPS) is 21.6. The van der Waals surface area contributed by atoms with Crippen LogP contribution in [-0.2, 0) is 11.8 Å². The second-order valence-electron chi connectivity index (χ2n) is 4.85. The van der Waals surface area contributed by atoms with Gasteiger partial charge in [0.25, 0.3) is 5.91 Å². The molecule has 1 aromatic rings. The summed E-state index contributed by atoms with van der Waals surface area (Å²) in [5.74, 6) is -0.129. The van der Waals surface area contributed by atoms with Crippen molar-refractivity contribution in [3.8, 4) is 0 Å². The fraction of sp³-hybridized carbons (Fsp3) is 0.462. The Morgan fingerprint density at radius 2 is 2.11 bits per heavy atom. The lowest BCUT2D eigenvalue weighted by Crippen LogP contribution is -2.23. The Morgan fingerprint density at radius 3 is 2.74 bits per heavy atom. The summed E-state index contributed by atoms with van der Waals surface area (Å²) >= 11 is 1.48. The van der Waals surface area contributed by atoms with Crippen LogP contribution in [0.4, 0.5) is 0 Å². The zero-order chi connectivity index (χ0) is 13.4. The number of likely N-dealkylation sites (tertiary alicyclic amines) is 1. The molecule has 0 N–H and O–H groups in total. The average Bonchev–Trinajstić information content (AvgIpc) is 3.03. The van der Waals surface area contributed by atoms with E-state index in [2.05, 4.69) is 15.0 Å². The predicted octanol–water partition coefficient (Wildman–Crippen LogP) is 1.79. The third-order valence-electron chi connectivity index (χ3n) is 3.32. The van der Waals surface area contributed by atoms with Gasteiger partial charge in [-0.3, -0.25) is 9.48 Å².